The van der Waals surface area contributed by atoms with E-state index in [0.29, 0.717) is 0 Å². The van der Waals surface area contributed by atoms with E-state index in [9.17, 15) is 0 Å². The summed E-state index contributed by atoms with van der Waals surface area (Å²) in [6.07, 6.45) is 32.2. The first-order valence-corrected chi connectivity index (χ1v) is 25.6. The van der Waals surface area contributed by atoms with Gasteiger partial charge in [0.05, 0.1) is 0 Å². The second-order valence-corrected chi connectivity index (χ2v) is 17.8. The molecule has 0 radical (unpaired) electrons. The first-order chi connectivity index (χ1) is 30.6. The third-order valence-electron chi connectivity index (χ3n) is 12.5. The lowest BCUT2D eigenvalue weighted by Gasteiger charge is -2.25. The maximum absolute atomic E-state index is 3.25. The van der Waals surface area contributed by atoms with Crippen molar-refractivity contribution in [2.24, 2.45) is 0 Å². The molecule has 334 valence electrons. The molecular weight excluding hydrogens is 749 g/mol. The smallest absolute Gasteiger partial charge is 0.0366 e. The second-order valence-electron chi connectivity index (χ2n) is 17.8. The van der Waals surface area contributed by atoms with Crippen molar-refractivity contribution in [2.75, 3.05) is 36.0 Å². The number of hydrogen-bond donors (Lipinski definition) is 0. The quantitative estimate of drug-likeness (QED) is 0.0357. The normalized spacial score (nSPS) is 10.8. The zero-order valence-corrected chi connectivity index (χ0v) is 39.9. The van der Waals surface area contributed by atoms with Crippen molar-refractivity contribution in [2.45, 2.75) is 182 Å². The molecule has 0 aromatic heterocycles. The molecule has 0 bridgehead atoms. The summed E-state index contributed by atoms with van der Waals surface area (Å²) in [5.74, 6) is 12.7. The standard InChI is InChI=1S/C60H84N2/c1-5-9-13-17-21-27-49-61(50-28-22-18-14-10-6-2)59-45-41-57(42-46-59)55-37-33-53(34-38-55)31-25-26-32-54-35-39-56(40-36-54)58-43-47-60(48-44-58)62(51-29-23-19-15-11-7-3)52-30-24-20-16-12-8-4/h33-48H,5-24,27-30,49-52H2,1-4H3. The first-order valence-electron chi connectivity index (χ1n) is 25.6. The van der Waals surface area contributed by atoms with Gasteiger partial charge in [-0.2, -0.15) is 0 Å². The van der Waals surface area contributed by atoms with Gasteiger partial charge in [-0.15, -0.1) is 0 Å². The summed E-state index contributed by atoms with van der Waals surface area (Å²) in [7, 11) is 0. The van der Waals surface area contributed by atoms with Gasteiger partial charge in [0, 0.05) is 48.7 Å². The zero-order chi connectivity index (χ0) is 43.7. The minimum Gasteiger partial charge on any atom is -0.372 e. The van der Waals surface area contributed by atoms with E-state index in [2.05, 4.69) is 158 Å². The van der Waals surface area contributed by atoms with Gasteiger partial charge in [-0.1, -0.05) is 216 Å². The van der Waals surface area contributed by atoms with Crippen molar-refractivity contribution in [1.29, 1.82) is 0 Å². The Labute approximate surface area is 381 Å². The van der Waals surface area contributed by atoms with Crippen LogP contribution in [0, 0.1) is 23.7 Å². The maximum Gasteiger partial charge on any atom is 0.0366 e. The van der Waals surface area contributed by atoms with Gasteiger partial charge in [0.15, 0.2) is 0 Å². The molecule has 0 heterocycles. The molecule has 0 aliphatic carbocycles. The van der Waals surface area contributed by atoms with Crippen LogP contribution in [0.1, 0.15) is 193 Å². The average molecular weight is 833 g/mol. The Morgan fingerprint density at radius 2 is 0.500 bits per heavy atom. The van der Waals surface area contributed by atoms with Crippen LogP contribution in [0.3, 0.4) is 0 Å². The predicted octanol–water partition coefficient (Wildman–Crippen LogP) is 17.5. The van der Waals surface area contributed by atoms with Crippen molar-refractivity contribution in [1.82, 2.24) is 0 Å². The Morgan fingerprint density at radius 3 is 0.758 bits per heavy atom. The Bertz CT molecular complexity index is 1660. The fourth-order valence-corrected chi connectivity index (χ4v) is 8.50. The molecule has 2 nitrogen and oxygen atoms in total. The molecule has 0 saturated heterocycles. The molecule has 0 aliphatic heterocycles. The number of hydrogen-bond acceptors (Lipinski definition) is 2. The molecule has 2 heteroatoms. The Balaban J connectivity index is 1.29. The van der Waals surface area contributed by atoms with Crippen LogP contribution in [0.2, 0.25) is 0 Å². The van der Waals surface area contributed by atoms with E-state index < -0.39 is 0 Å². The molecule has 0 fully saturated rings. The van der Waals surface area contributed by atoms with Crippen molar-refractivity contribution in [3.8, 4) is 45.9 Å². The Morgan fingerprint density at radius 1 is 0.274 bits per heavy atom. The van der Waals surface area contributed by atoms with Crippen molar-refractivity contribution < 1.29 is 0 Å². The van der Waals surface area contributed by atoms with Crippen LogP contribution in [0.5, 0.6) is 0 Å². The number of nitrogens with zero attached hydrogens (tertiary/aromatic N) is 2. The van der Waals surface area contributed by atoms with Gasteiger partial charge >= 0.3 is 0 Å². The fourth-order valence-electron chi connectivity index (χ4n) is 8.50. The van der Waals surface area contributed by atoms with E-state index >= 15 is 0 Å². The van der Waals surface area contributed by atoms with Gasteiger partial charge in [0.2, 0.25) is 0 Å². The van der Waals surface area contributed by atoms with E-state index in [0.717, 1.165) is 37.3 Å². The summed E-state index contributed by atoms with van der Waals surface area (Å²) in [6.45, 7) is 13.8. The summed E-state index contributed by atoms with van der Waals surface area (Å²) in [4.78, 5) is 5.27. The largest absolute Gasteiger partial charge is 0.372 e. The molecule has 0 atom stereocenters. The number of rotatable bonds is 32. The van der Waals surface area contributed by atoms with Gasteiger partial charge < -0.3 is 9.80 Å². The second kappa shape index (κ2) is 32.3. The summed E-state index contributed by atoms with van der Waals surface area (Å²) in [5, 5.41) is 0. The molecule has 0 spiro atoms. The predicted molar refractivity (Wildman–Crippen MR) is 275 cm³/mol. The summed E-state index contributed by atoms with van der Waals surface area (Å²) < 4.78 is 0. The van der Waals surface area contributed by atoms with Crippen LogP contribution in [-0.4, -0.2) is 26.2 Å². The summed E-state index contributed by atoms with van der Waals surface area (Å²) >= 11 is 0. The van der Waals surface area contributed by atoms with Crippen LogP contribution in [0.15, 0.2) is 97.1 Å². The molecular formula is C60H84N2. The van der Waals surface area contributed by atoms with Crippen molar-refractivity contribution in [3.05, 3.63) is 108 Å². The lowest BCUT2D eigenvalue weighted by molar-refractivity contribution is 0.575. The highest BCUT2D eigenvalue weighted by Crippen LogP contribution is 2.27. The van der Waals surface area contributed by atoms with Crippen LogP contribution >= 0.6 is 0 Å². The number of unbranched alkanes of at least 4 members (excludes halogenated alkanes) is 20. The van der Waals surface area contributed by atoms with Crippen LogP contribution in [0.25, 0.3) is 22.3 Å². The molecule has 0 unspecified atom stereocenters. The highest BCUT2D eigenvalue weighted by molar-refractivity contribution is 5.68. The fraction of sp³-hybridized carbons (Fsp3) is 0.533. The third kappa shape index (κ3) is 20.2. The molecule has 4 aromatic carbocycles. The van der Waals surface area contributed by atoms with E-state index in [1.54, 1.807) is 0 Å². The lowest BCUT2D eigenvalue weighted by Crippen LogP contribution is -2.25. The monoisotopic (exact) mass is 833 g/mol. The minimum atomic E-state index is 0.986. The van der Waals surface area contributed by atoms with Gasteiger partial charge in [-0.3, -0.25) is 0 Å². The molecule has 0 saturated carbocycles. The van der Waals surface area contributed by atoms with E-state index in [-0.39, 0.29) is 0 Å². The molecule has 0 N–H and O–H groups in total. The summed E-state index contributed by atoms with van der Waals surface area (Å²) in [6, 6.07) is 35.7. The third-order valence-corrected chi connectivity index (χ3v) is 12.5. The van der Waals surface area contributed by atoms with Gasteiger partial charge in [-0.25, -0.2) is 0 Å². The van der Waals surface area contributed by atoms with Crippen LogP contribution in [0.4, 0.5) is 11.4 Å². The van der Waals surface area contributed by atoms with E-state index in [1.165, 1.54) is 188 Å². The molecule has 4 aromatic rings. The van der Waals surface area contributed by atoms with Gasteiger partial charge in [0.1, 0.15) is 0 Å². The van der Waals surface area contributed by atoms with Crippen molar-refractivity contribution >= 4 is 11.4 Å². The SMILES string of the molecule is CCCCCCCCN(CCCCCCCC)c1ccc(-c2ccc(C#CC#Cc3ccc(-c4ccc(N(CCCCCCCC)CCCCCCCC)cc4)cc3)cc2)cc1. The number of benzene rings is 4. The number of anilines is 2. The molecule has 0 aliphatic rings. The van der Waals surface area contributed by atoms with Crippen molar-refractivity contribution in [3.63, 3.8) is 0 Å². The maximum atomic E-state index is 3.25. The highest BCUT2D eigenvalue weighted by Gasteiger charge is 2.10. The van der Waals surface area contributed by atoms with Gasteiger partial charge in [-0.05, 0) is 108 Å². The average Bonchev–Trinajstić information content (AvgIpc) is 3.31. The minimum absolute atomic E-state index is 0.986. The Hall–Kier alpha value is -4.40. The zero-order valence-electron chi connectivity index (χ0n) is 39.9. The highest BCUT2D eigenvalue weighted by atomic mass is 15.1. The first kappa shape index (κ1) is 50.2. The van der Waals surface area contributed by atoms with Gasteiger partial charge in [0.25, 0.3) is 0 Å². The van der Waals surface area contributed by atoms with E-state index in [4.69, 9.17) is 0 Å². The molecule has 62 heavy (non-hydrogen) atoms. The molecule has 0 amide bonds. The Kier molecular flexibility index (Phi) is 26.2. The lowest BCUT2D eigenvalue weighted by atomic mass is 10.0. The molecule has 4 rings (SSSR count). The van der Waals surface area contributed by atoms with Crippen LogP contribution in [-0.2, 0) is 0 Å². The van der Waals surface area contributed by atoms with Crippen LogP contribution < -0.4 is 9.80 Å². The van der Waals surface area contributed by atoms with E-state index in [1.807, 2.05) is 0 Å². The summed E-state index contributed by atoms with van der Waals surface area (Å²) in [5.41, 5.74) is 9.64. The topological polar surface area (TPSA) is 6.48 Å².